The van der Waals surface area contributed by atoms with Gasteiger partial charge in [0.25, 0.3) is 0 Å². The average molecular weight is 582 g/mol. The fourth-order valence-electron chi connectivity index (χ4n) is 5.12. The molecule has 2 N–H and O–H groups in total. The maximum Gasteiger partial charge on any atom is 0.412 e. The van der Waals surface area contributed by atoms with Crippen molar-refractivity contribution in [3.8, 4) is 17.2 Å². The Kier molecular flexibility index (Phi) is 12.6. The van der Waals surface area contributed by atoms with E-state index in [0.29, 0.717) is 50.6 Å². The third kappa shape index (κ3) is 11.1. The first kappa shape index (κ1) is 31.0. The van der Waals surface area contributed by atoms with Crippen molar-refractivity contribution in [1.29, 1.82) is 0 Å². The SMILES string of the molecule is O=C(NCCCCCCOC(=O)N1CCC(OC(=O)NC2CCCCC2)CC1)Oc1ccc(Oc2ccccc2)cc1. The Morgan fingerprint density at radius 3 is 2.14 bits per heavy atom. The van der Waals surface area contributed by atoms with Gasteiger partial charge >= 0.3 is 18.3 Å². The van der Waals surface area contributed by atoms with Gasteiger partial charge in [-0.2, -0.15) is 0 Å². The van der Waals surface area contributed by atoms with Crippen molar-refractivity contribution in [2.24, 2.45) is 0 Å². The Morgan fingerprint density at radius 1 is 0.738 bits per heavy atom. The van der Waals surface area contributed by atoms with Gasteiger partial charge < -0.3 is 34.5 Å². The smallest absolute Gasteiger partial charge is 0.412 e. The number of hydrogen-bond donors (Lipinski definition) is 2. The van der Waals surface area contributed by atoms with E-state index in [9.17, 15) is 14.4 Å². The lowest BCUT2D eigenvalue weighted by Gasteiger charge is -2.31. The molecule has 0 unspecified atom stereocenters. The van der Waals surface area contributed by atoms with Crippen LogP contribution >= 0.6 is 0 Å². The standard InChI is InChI=1S/C32H43N3O7/c36-30(41-28-17-15-27(16-18-28)40-26-13-7-4-8-14-26)33-21-9-1-2-10-24-39-32(38)35-22-19-29(20-23-35)42-31(37)34-25-11-5-3-6-12-25/h4,7-8,13-18,25,29H,1-3,5-6,9-12,19-24H2,(H,33,36)(H,34,37). The number of carbonyl (C=O) groups excluding carboxylic acids is 3. The van der Waals surface area contributed by atoms with Gasteiger partial charge in [0.15, 0.2) is 0 Å². The first-order chi connectivity index (χ1) is 20.5. The number of nitrogens with zero attached hydrogens (tertiary/aromatic N) is 1. The highest BCUT2D eigenvalue weighted by Crippen LogP contribution is 2.24. The van der Waals surface area contributed by atoms with E-state index in [0.717, 1.165) is 57.1 Å². The highest BCUT2D eigenvalue weighted by molar-refractivity contribution is 5.70. The molecule has 1 saturated carbocycles. The molecule has 2 fully saturated rings. The van der Waals surface area contributed by atoms with E-state index in [1.807, 2.05) is 30.3 Å². The van der Waals surface area contributed by atoms with Gasteiger partial charge in [0.05, 0.1) is 6.61 Å². The van der Waals surface area contributed by atoms with Crippen LogP contribution in [0.2, 0.25) is 0 Å². The van der Waals surface area contributed by atoms with Crippen LogP contribution in [0.3, 0.4) is 0 Å². The van der Waals surface area contributed by atoms with E-state index in [-0.39, 0.29) is 24.3 Å². The normalized spacial score (nSPS) is 15.9. The highest BCUT2D eigenvalue weighted by Gasteiger charge is 2.27. The first-order valence-corrected chi connectivity index (χ1v) is 15.2. The van der Waals surface area contributed by atoms with E-state index < -0.39 is 6.09 Å². The Balaban J connectivity index is 0.974. The molecule has 2 aromatic rings. The third-order valence-corrected chi connectivity index (χ3v) is 7.48. The van der Waals surface area contributed by atoms with E-state index in [1.165, 1.54) is 6.42 Å². The number of hydrogen-bond acceptors (Lipinski definition) is 7. The second-order valence-electron chi connectivity index (χ2n) is 10.8. The molecule has 0 atom stereocenters. The molecule has 2 aliphatic rings. The lowest BCUT2D eigenvalue weighted by atomic mass is 9.96. The Bertz CT molecular complexity index is 1100. The minimum Gasteiger partial charge on any atom is -0.457 e. The number of ether oxygens (including phenoxy) is 4. The van der Waals surface area contributed by atoms with Crippen LogP contribution in [0, 0.1) is 0 Å². The molecule has 42 heavy (non-hydrogen) atoms. The van der Waals surface area contributed by atoms with Crippen molar-refractivity contribution in [3.05, 3.63) is 54.6 Å². The van der Waals surface area contributed by atoms with Gasteiger partial charge in [-0.1, -0.05) is 43.9 Å². The van der Waals surface area contributed by atoms with Gasteiger partial charge in [0.1, 0.15) is 23.4 Å². The molecule has 1 heterocycles. The molecule has 1 aliphatic heterocycles. The third-order valence-electron chi connectivity index (χ3n) is 7.48. The summed E-state index contributed by atoms with van der Waals surface area (Å²) in [6.45, 7) is 1.91. The summed E-state index contributed by atoms with van der Waals surface area (Å²) in [6, 6.07) is 16.6. The molecule has 3 amide bonds. The number of alkyl carbamates (subject to hydrolysis) is 1. The van der Waals surface area contributed by atoms with Crippen LogP contribution in [-0.2, 0) is 9.47 Å². The number of rotatable bonds is 12. The number of benzene rings is 2. The molecule has 0 aromatic heterocycles. The van der Waals surface area contributed by atoms with Crippen molar-refractivity contribution < 1.29 is 33.3 Å². The fourth-order valence-corrected chi connectivity index (χ4v) is 5.12. The van der Waals surface area contributed by atoms with Crippen molar-refractivity contribution in [2.45, 2.75) is 82.8 Å². The number of piperidine rings is 1. The van der Waals surface area contributed by atoms with Gasteiger partial charge in [0, 0.05) is 38.5 Å². The van der Waals surface area contributed by atoms with E-state index in [2.05, 4.69) is 10.6 Å². The number of para-hydroxylation sites is 1. The van der Waals surface area contributed by atoms with Crippen LogP contribution in [0.15, 0.2) is 54.6 Å². The molecular formula is C32H43N3O7. The molecule has 2 aromatic carbocycles. The molecule has 10 nitrogen and oxygen atoms in total. The number of likely N-dealkylation sites (tertiary alicyclic amines) is 1. The topological polar surface area (TPSA) is 115 Å². The Morgan fingerprint density at radius 2 is 1.40 bits per heavy atom. The van der Waals surface area contributed by atoms with Crippen LogP contribution in [0.25, 0.3) is 0 Å². The van der Waals surface area contributed by atoms with E-state index in [1.54, 1.807) is 29.2 Å². The highest BCUT2D eigenvalue weighted by atomic mass is 16.6. The summed E-state index contributed by atoms with van der Waals surface area (Å²) in [7, 11) is 0. The summed E-state index contributed by atoms with van der Waals surface area (Å²) in [5, 5.41) is 5.73. The molecule has 10 heteroatoms. The molecule has 0 radical (unpaired) electrons. The Labute approximate surface area is 248 Å². The molecule has 1 aliphatic carbocycles. The molecule has 0 spiro atoms. The van der Waals surface area contributed by atoms with Gasteiger partial charge in [-0.05, 0) is 68.5 Å². The van der Waals surface area contributed by atoms with Crippen molar-refractivity contribution in [2.75, 3.05) is 26.2 Å². The zero-order valence-corrected chi connectivity index (χ0v) is 24.3. The van der Waals surface area contributed by atoms with Crippen LogP contribution in [0.1, 0.15) is 70.6 Å². The van der Waals surface area contributed by atoms with Crippen molar-refractivity contribution in [3.63, 3.8) is 0 Å². The summed E-state index contributed by atoms with van der Waals surface area (Å²) < 4.78 is 22.0. The monoisotopic (exact) mass is 581 g/mol. The van der Waals surface area contributed by atoms with Gasteiger partial charge in [-0.25, -0.2) is 14.4 Å². The minimum atomic E-state index is -0.500. The largest absolute Gasteiger partial charge is 0.457 e. The van der Waals surface area contributed by atoms with Crippen LogP contribution in [0.5, 0.6) is 17.2 Å². The predicted octanol–water partition coefficient (Wildman–Crippen LogP) is 6.79. The lowest BCUT2D eigenvalue weighted by molar-refractivity contribution is 0.0400. The lowest BCUT2D eigenvalue weighted by Crippen LogP contribution is -2.44. The summed E-state index contributed by atoms with van der Waals surface area (Å²) in [5.41, 5.74) is 0. The Hall–Kier alpha value is -3.95. The van der Waals surface area contributed by atoms with Crippen LogP contribution in [0.4, 0.5) is 14.4 Å². The van der Waals surface area contributed by atoms with Crippen molar-refractivity contribution >= 4 is 18.3 Å². The van der Waals surface area contributed by atoms with Gasteiger partial charge in [0.2, 0.25) is 0 Å². The van der Waals surface area contributed by atoms with Gasteiger partial charge in [-0.3, -0.25) is 0 Å². The summed E-state index contributed by atoms with van der Waals surface area (Å²) in [5.74, 6) is 1.83. The zero-order chi connectivity index (χ0) is 29.4. The second-order valence-corrected chi connectivity index (χ2v) is 10.8. The molecular weight excluding hydrogens is 538 g/mol. The summed E-state index contributed by atoms with van der Waals surface area (Å²) >= 11 is 0. The zero-order valence-electron chi connectivity index (χ0n) is 24.3. The minimum absolute atomic E-state index is 0.163. The number of nitrogens with one attached hydrogen (secondary N) is 2. The number of amides is 3. The maximum atomic E-state index is 12.4. The maximum absolute atomic E-state index is 12.4. The molecule has 0 bridgehead atoms. The molecule has 228 valence electrons. The van der Waals surface area contributed by atoms with Crippen LogP contribution in [-0.4, -0.2) is 61.6 Å². The van der Waals surface area contributed by atoms with Crippen molar-refractivity contribution in [1.82, 2.24) is 15.5 Å². The summed E-state index contributed by atoms with van der Waals surface area (Å²) in [6.07, 6.45) is 8.86. The van der Waals surface area contributed by atoms with Gasteiger partial charge in [-0.15, -0.1) is 0 Å². The fraction of sp³-hybridized carbons (Fsp3) is 0.531. The number of unbranched alkanes of at least 4 members (excludes halogenated alkanes) is 3. The number of carbonyl (C=O) groups is 3. The second kappa shape index (κ2) is 17.1. The summed E-state index contributed by atoms with van der Waals surface area (Å²) in [4.78, 5) is 38.3. The molecule has 1 saturated heterocycles. The first-order valence-electron chi connectivity index (χ1n) is 15.2. The van der Waals surface area contributed by atoms with E-state index in [4.69, 9.17) is 18.9 Å². The van der Waals surface area contributed by atoms with E-state index >= 15 is 0 Å². The predicted molar refractivity (Wildman–Crippen MR) is 158 cm³/mol. The van der Waals surface area contributed by atoms with Crippen LogP contribution < -0.4 is 20.1 Å². The average Bonchev–Trinajstić information content (AvgIpc) is 3.00. The quantitative estimate of drug-likeness (QED) is 0.265. The molecule has 4 rings (SSSR count).